The molecule has 9 nitrogen and oxygen atoms in total. The van der Waals surface area contributed by atoms with E-state index >= 15 is 0 Å². The maximum atomic E-state index is 14.0. The summed E-state index contributed by atoms with van der Waals surface area (Å²) in [6.45, 7) is 3.79. The molecule has 0 radical (unpaired) electrons. The number of hydrogen-bond donors (Lipinski definition) is 0. The highest BCUT2D eigenvalue weighted by atomic mass is 17.3. The van der Waals surface area contributed by atoms with E-state index in [4.69, 9.17) is 29.0 Å². The number of hydrogen-bond acceptors (Lipinski definition) is 9. The van der Waals surface area contributed by atoms with Gasteiger partial charge in [-0.3, -0.25) is 9.78 Å². The molecule has 2 aliphatic carbocycles. The second-order valence-electron chi connectivity index (χ2n) is 14.3. The summed E-state index contributed by atoms with van der Waals surface area (Å²) < 4.78 is 12.2. The molecule has 0 aromatic heterocycles. The van der Waals surface area contributed by atoms with E-state index in [-0.39, 0.29) is 0 Å². The van der Waals surface area contributed by atoms with Gasteiger partial charge in [-0.2, -0.15) is 0 Å². The summed E-state index contributed by atoms with van der Waals surface area (Å²) in [6.07, 6.45) is 18.2. The van der Waals surface area contributed by atoms with Crippen molar-refractivity contribution < 1.29 is 43.4 Å². The highest BCUT2D eigenvalue weighted by molar-refractivity contribution is 5.89. The van der Waals surface area contributed by atoms with Crippen molar-refractivity contribution in [2.24, 2.45) is 0 Å². The number of ether oxygens (including phenoxy) is 2. The predicted octanol–water partition coefficient (Wildman–Crippen LogP) is 11.3. The van der Waals surface area contributed by atoms with Crippen LogP contribution >= 0.6 is 0 Å². The van der Waals surface area contributed by atoms with E-state index in [2.05, 4.69) is 0 Å². The number of carbonyl (C=O) groups excluding carboxylic acids is 3. The lowest BCUT2D eigenvalue weighted by Gasteiger charge is -2.35. The molecule has 9 heteroatoms. The van der Waals surface area contributed by atoms with Gasteiger partial charge in [-0.25, -0.2) is 14.4 Å². The SMILES string of the molecule is Cc1cccc(C(=O)OOC2(OC(=O)OC3(OOC(=O)c4cccc(C)c4)CCCCCCCCCCC3)CCCCCCCCCCC2)c1. The minimum Gasteiger partial charge on any atom is -0.398 e. The molecule has 2 saturated carbocycles. The summed E-state index contributed by atoms with van der Waals surface area (Å²) in [4.78, 5) is 62.8. The van der Waals surface area contributed by atoms with Gasteiger partial charge in [-0.1, -0.05) is 125 Å². The molecule has 0 saturated heterocycles. The second-order valence-corrected chi connectivity index (χ2v) is 14.3. The maximum absolute atomic E-state index is 14.0. The summed E-state index contributed by atoms with van der Waals surface area (Å²) >= 11 is 0. The first-order chi connectivity index (χ1) is 24.3. The quantitative estimate of drug-likeness (QED) is 0.115. The van der Waals surface area contributed by atoms with E-state index in [1.807, 2.05) is 26.0 Å². The Hall–Kier alpha value is -3.43. The summed E-state index contributed by atoms with van der Waals surface area (Å²) in [5.74, 6) is -4.45. The Morgan fingerprint density at radius 2 is 0.760 bits per heavy atom. The Balaban J connectivity index is 1.56. The summed E-state index contributed by atoms with van der Waals surface area (Å²) in [5.41, 5.74) is 2.50. The molecule has 0 amide bonds. The summed E-state index contributed by atoms with van der Waals surface area (Å²) in [7, 11) is 0. The summed E-state index contributed by atoms with van der Waals surface area (Å²) in [6, 6.07) is 14.1. The number of aryl methyl sites for hydroxylation is 2. The lowest BCUT2D eigenvalue weighted by molar-refractivity contribution is -0.409. The normalized spacial score (nSPS) is 19.6. The molecule has 0 unspecified atom stereocenters. The van der Waals surface area contributed by atoms with Crippen molar-refractivity contribution in [3.05, 3.63) is 70.8 Å². The Kier molecular flexibility index (Phi) is 16.6. The molecule has 0 spiro atoms. The van der Waals surface area contributed by atoms with Crippen LogP contribution in [0.4, 0.5) is 4.79 Å². The zero-order valence-electron chi connectivity index (χ0n) is 30.3. The predicted molar refractivity (Wildman–Crippen MR) is 190 cm³/mol. The Morgan fingerprint density at radius 3 is 1.06 bits per heavy atom. The van der Waals surface area contributed by atoms with E-state index < -0.39 is 29.7 Å². The van der Waals surface area contributed by atoms with Gasteiger partial charge in [0.2, 0.25) is 0 Å². The fourth-order valence-electron chi connectivity index (χ4n) is 6.90. The van der Waals surface area contributed by atoms with Crippen molar-refractivity contribution in [3.8, 4) is 0 Å². The van der Waals surface area contributed by atoms with E-state index in [0.29, 0.717) is 62.5 Å². The van der Waals surface area contributed by atoms with E-state index in [9.17, 15) is 14.4 Å². The van der Waals surface area contributed by atoms with Gasteiger partial charge in [0, 0.05) is 25.7 Å². The number of rotatable bonds is 8. The largest absolute Gasteiger partial charge is 0.513 e. The molecule has 2 aliphatic rings. The zero-order chi connectivity index (χ0) is 35.5. The van der Waals surface area contributed by atoms with Crippen molar-refractivity contribution in [1.82, 2.24) is 0 Å². The van der Waals surface area contributed by atoms with Gasteiger partial charge in [0.25, 0.3) is 11.6 Å². The van der Waals surface area contributed by atoms with Gasteiger partial charge >= 0.3 is 18.1 Å². The van der Waals surface area contributed by atoms with Crippen LogP contribution in [0, 0.1) is 13.8 Å². The first kappa shape index (κ1) is 39.4. The van der Waals surface area contributed by atoms with Crippen molar-refractivity contribution in [2.45, 2.75) is 167 Å². The van der Waals surface area contributed by atoms with Crippen molar-refractivity contribution in [2.75, 3.05) is 0 Å². The zero-order valence-corrected chi connectivity index (χ0v) is 30.3. The molecule has 4 rings (SSSR count). The first-order valence-corrected chi connectivity index (χ1v) is 19.1. The van der Waals surface area contributed by atoms with Crippen molar-refractivity contribution in [3.63, 3.8) is 0 Å². The number of carbonyl (C=O) groups is 3. The summed E-state index contributed by atoms with van der Waals surface area (Å²) in [5, 5.41) is 0. The Bertz CT molecular complexity index is 1220. The maximum Gasteiger partial charge on any atom is 0.513 e. The fourth-order valence-corrected chi connectivity index (χ4v) is 6.90. The molecule has 0 N–H and O–H groups in total. The third kappa shape index (κ3) is 13.7. The van der Waals surface area contributed by atoms with Gasteiger partial charge in [0.15, 0.2) is 0 Å². The average molecular weight is 695 g/mol. The molecule has 0 heterocycles. The molecular weight excluding hydrogens is 636 g/mol. The second kappa shape index (κ2) is 21.1. The van der Waals surface area contributed by atoms with Crippen LogP contribution in [-0.2, 0) is 29.0 Å². The third-order valence-electron chi connectivity index (χ3n) is 9.82. The lowest BCUT2D eigenvalue weighted by Crippen LogP contribution is -2.44. The molecule has 0 aliphatic heterocycles. The van der Waals surface area contributed by atoms with Crippen LogP contribution < -0.4 is 0 Å². The smallest absolute Gasteiger partial charge is 0.398 e. The average Bonchev–Trinajstić information content (AvgIpc) is 3.09. The molecule has 2 aromatic rings. The van der Waals surface area contributed by atoms with Crippen LogP contribution in [0.3, 0.4) is 0 Å². The monoisotopic (exact) mass is 694 g/mol. The molecule has 0 bridgehead atoms. The van der Waals surface area contributed by atoms with Crippen LogP contribution in [0.1, 0.15) is 173 Å². The molecule has 2 aromatic carbocycles. The first-order valence-electron chi connectivity index (χ1n) is 19.1. The highest BCUT2D eigenvalue weighted by Gasteiger charge is 2.44. The van der Waals surface area contributed by atoms with Gasteiger partial charge < -0.3 is 9.47 Å². The van der Waals surface area contributed by atoms with Gasteiger partial charge in [-0.15, -0.1) is 9.78 Å². The van der Waals surface area contributed by atoms with Crippen LogP contribution in [-0.4, -0.2) is 29.7 Å². The fraction of sp³-hybridized carbons (Fsp3) is 0.634. The highest BCUT2D eigenvalue weighted by Crippen LogP contribution is 2.35. The molecule has 276 valence electrons. The number of benzene rings is 2. The van der Waals surface area contributed by atoms with E-state index in [1.165, 1.54) is 12.8 Å². The minimum absolute atomic E-state index is 0.333. The topological polar surface area (TPSA) is 107 Å². The van der Waals surface area contributed by atoms with Crippen molar-refractivity contribution in [1.29, 1.82) is 0 Å². The Labute approximate surface area is 298 Å². The van der Waals surface area contributed by atoms with E-state index in [1.54, 1.807) is 36.4 Å². The van der Waals surface area contributed by atoms with Gasteiger partial charge in [0.1, 0.15) is 0 Å². The van der Waals surface area contributed by atoms with Gasteiger partial charge in [-0.05, 0) is 63.8 Å². The van der Waals surface area contributed by atoms with Crippen LogP contribution in [0.25, 0.3) is 0 Å². The molecule has 2 fully saturated rings. The lowest BCUT2D eigenvalue weighted by atomic mass is 9.97. The van der Waals surface area contributed by atoms with E-state index in [0.717, 1.165) is 88.2 Å². The standard InChI is InChI=1S/C41H58O9/c1-33-23-21-25-35(31-33)37(42)47-49-40(27-17-13-9-5-3-6-10-14-18-28-40)45-39(44)46-41(29-19-15-11-7-4-8-12-16-20-30-41)50-48-38(43)36-26-22-24-34(2)32-36/h21-26,31-32H,3-20,27-30H2,1-2H3. The molecule has 50 heavy (non-hydrogen) atoms. The third-order valence-corrected chi connectivity index (χ3v) is 9.82. The van der Waals surface area contributed by atoms with Crippen LogP contribution in [0.15, 0.2) is 48.5 Å². The van der Waals surface area contributed by atoms with Crippen LogP contribution in [0.5, 0.6) is 0 Å². The van der Waals surface area contributed by atoms with Crippen LogP contribution in [0.2, 0.25) is 0 Å². The van der Waals surface area contributed by atoms with Crippen molar-refractivity contribution >= 4 is 18.1 Å². The Morgan fingerprint density at radius 1 is 0.460 bits per heavy atom. The molecule has 0 atom stereocenters. The molecular formula is C41H58O9. The minimum atomic E-state index is -1.55. The van der Waals surface area contributed by atoms with Gasteiger partial charge in [0.05, 0.1) is 11.1 Å².